The summed E-state index contributed by atoms with van der Waals surface area (Å²) >= 11 is 6.73. The van der Waals surface area contributed by atoms with Crippen molar-refractivity contribution in [3.63, 3.8) is 0 Å². The first-order valence-corrected chi connectivity index (χ1v) is 6.71. The Hall–Kier alpha value is -1.21. The molecular formula is C11H10Br2N4O. The van der Waals surface area contributed by atoms with E-state index >= 15 is 0 Å². The first kappa shape index (κ1) is 13.2. The van der Waals surface area contributed by atoms with E-state index in [9.17, 15) is 4.79 Å². The van der Waals surface area contributed by atoms with Crippen molar-refractivity contribution in [3.8, 4) is 0 Å². The number of carbonyl (C=O) groups excluding carboxylic acids is 1. The summed E-state index contributed by atoms with van der Waals surface area (Å²) in [7, 11) is 1.72. The highest BCUT2D eigenvalue weighted by Crippen LogP contribution is 2.23. The van der Waals surface area contributed by atoms with Crippen molar-refractivity contribution in [1.82, 2.24) is 20.1 Å². The summed E-state index contributed by atoms with van der Waals surface area (Å²) in [6.07, 6.45) is 1.42. The third-order valence-electron chi connectivity index (χ3n) is 2.36. The molecule has 0 fully saturated rings. The van der Waals surface area contributed by atoms with Gasteiger partial charge in [-0.3, -0.25) is 9.89 Å². The lowest BCUT2D eigenvalue weighted by Crippen LogP contribution is -2.27. The Balaban J connectivity index is 2.15. The molecule has 1 heterocycles. The van der Waals surface area contributed by atoms with Crippen molar-refractivity contribution in [3.05, 3.63) is 44.9 Å². The van der Waals surface area contributed by atoms with Crippen LogP contribution in [0.4, 0.5) is 0 Å². The van der Waals surface area contributed by atoms with Gasteiger partial charge in [0.25, 0.3) is 5.91 Å². The van der Waals surface area contributed by atoms with Crippen LogP contribution in [-0.4, -0.2) is 33.0 Å². The van der Waals surface area contributed by atoms with E-state index in [1.807, 2.05) is 12.1 Å². The molecule has 0 saturated carbocycles. The molecule has 0 unspecified atom stereocenters. The van der Waals surface area contributed by atoms with E-state index < -0.39 is 0 Å². The van der Waals surface area contributed by atoms with Gasteiger partial charge in [-0.05, 0) is 34.1 Å². The number of H-pyrrole nitrogens is 1. The SMILES string of the molecule is CN(Cc1ncn[nH]1)C(=O)c1ccc(Br)cc1Br. The molecule has 0 bridgehead atoms. The number of benzene rings is 1. The number of carbonyl (C=O) groups is 1. The third-order valence-corrected chi connectivity index (χ3v) is 3.51. The molecular weight excluding hydrogens is 364 g/mol. The highest BCUT2D eigenvalue weighted by atomic mass is 79.9. The van der Waals surface area contributed by atoms with Gasteiger partial charge in [0.05, 0.1) is 12.1 Å². The first-order valence-electron chi connectivity index (χ1n) is 5.12. The van der Waals surface area contributed by atoms with Crippen molar-refractivity contribution < 1.29 is 4.79 Å². The lowest BCUT2D eigenvalue weighted by Gasteiger charge is -2.16. The predicted octanol–water partition coefficient (Wildman–Crippen LogP) is 2.60. The molecule has 0 aliphatic heterocycles. The van der Waals surface area contributed by atoms with Crippen LogP contribution in [0.3, 0.4) is 0 Å². The molecule has 0 aliphatic rings. The first-order chi connectivity index (χ1) is 8.58. The fourth-order valence-corrected chi connectivity index (χ4v) is 2.69. The number of aromatic nitrogens is 3. The Morgan fingerprint density at radius 3 is 2.83 bits per heavy atom. The second-order valence-corrected chi connectivity index (χ2v) is 5.49. The van der Waals surface area contributed by atoms with Crippen molar-refractivity contribution >= 4 is 37.8 Å². The van der Waals surface area contributed by atoms with Crippen molar-refractivity contribution in [2.24, 2.45) is 0 Å². The van der Waals surface area contributed by atoms with Gasteiger partial charge in [-0.2, -0.15) is 5.10 Å². The predicted molar refractivity (Wildman–Crippen MR) is 74.0 cm³/mol. The van der Waals surface area contributed by atoms with E-state index in [1.165, 1.54) is 6.33 Å². The number of nitrogens with one attached hydrogen (secondary N) is 1. The van der Waals surface area contributed by atoms with Crippen LogP contribution in [0.1, 0.15) is 16.2 Å². The lowest BCUT2D eigenvalue weighted by atomic mass is 10.2. The monoisotopic (exact) mass is 372 g/mol. The summed E-state index contributed by atoms with van der Waals surface area (Å²) in [6.45, 7) is 0.390. The number of aromatic amines is 1. The molecule has 1 aromatic carbocycles. The number of halogens is 2. The fourth-order valence-electron chi connectivity index (χ4n) is 1.47. The van der Waals surface area contributed by atoms with Crippen LogP contribution in [0.5, 0.6) is 0 Å². The zero-order valence-corrected chi connectivity index (χ0v) is 12.7. The van der Waals surface area contributed by atoms with E-state index in [0.717, 1.165) is 8.95 Å². The van der Waals surface area contributed by atoms with Crippen LogP contribution in [0.15, 0.2) is 33.5 Å². The Bertz CT molecular complexity index is 556. The Labute approximate surface area is 121 Å². The van der Waals surface area contributed by atoms with E-state index in [-0.39, 0.29) is 5.91 Å². The molecule has 1 N–H and O–H groups in total. The fraction of sp³-hybridized carbons (Fsp3) is 0.182. The molecule has 2 aromatic rings. The smallest absolute Gasteiger partial charge is 0.255 e. The van der Waals surface area contributed by atoms with Gasteiger partial charge in [-0.1, -0.05) is 15.9 Å². The third kappa shape index (κ3) is 2.97. The zero-order valence-electron chi connectivity index (χ0n) is 9.52. The minimum atomic E-state index is -0.0780. The number of hydrogen-bond acceptors (Lipinski definition) is 3. The highest BCUT2D eigenvalue weighted by molar-refractivity contribution is 9.11. The van der Waals surface area contributed by atoms with Gasteiger partial charge in [0.2, 0.25) is 0 Å². The number of amides is 1. The topological polar surface area (TPSA) is 61.9 Å². The van der Waals surface area contributed by atoms with Crippen LogP contribution in [0.25, 0.3) is 0 Å². The zero-order chi connectivity index (χ0) is 13.1. The molecule has 0 saturated heterocycles. The van der Waals surface area contributed by atoms with Gasteiger partial charge < -0.3 is 4.90 Å². The number of nitrogens with zero attached hydrogens (tertiary/aromatic N) is 3. The Morgan fingerprint density at radius 2 is 2.22 bits per heavy atom. The summed E-state index contributed by atoms with van der Waals surface area (Å²) in [5, 5.41) is 6.47. The molecule has 18 heavy (non-hydrogen) atoms. The van der Waals surface area contributed by atoms with Crippen molar-refractivity contribution in [1.29, 1.82) is 0 Å². The minimum Gasteiger partial charge on any atom is -0.334 e. The molecule has 7 heteroatoms. The Kier molecular flexibility index (Phi) is 4.13. The molecule has 5 nitrogen and oxygen atoms in total. The molecule has 2 rings (SSSR count). The molecule has 94 valence electrons. The van der Waals surface area contributed by atoms with Crippen LogP contribution in [0.2, 0.25) is 0 Å². The molecule has 0 aliphatic carbocycles. The molecule has 0 radical (unpaired) electrons. The summed E-state index contributed by atoms with van der Waals surface area (Å²) in [4.78, 5) is 17.8. The van der Waals surface area contributed by atoms with Gasteiger partial charge in [-0.25, -0.2) is 4.98 Å². The maximum atomic E-state index is 12.2. The van der Waals surface area contributed by atoms with Crippen molar-refractivity contribution in [2.45, 2.75) is 6.54 Å². The van der Waals surface area contributed by atoms with Crippen LogP contribution in [-0.2, 0) is 6.54 Å². The highest BCUT2D eigenvalue weighted by Gasteiger charge is 2.16. The van der Waals surface area contributed by atoms with E-state index in [1.54, 1.807) is 18.0 Å². The van der Waals surface area contributed by atoms with Gasteiger partial charge in [0, 0.05) is 16.0 Å². The minimum absolute atomic E-state index is 0.0780. The maximum Gasteiger partial charge on any atom is 0.255 e. The average Bonchev–Trinajstić information content (AvgIpc) is 2.81. The summed E-state index contributed by atoms with van der Waals surface area (Å²) in [5.74, 6) is 0.574. The molecule has 0 spiro atoms. The quantitative estimate of drug-likeness (QED) is 0.899. The largest absolute Gasteiger partial charge is 0.334 e. The number of hydrogen-bond donors (Lipinski definition) is 1. The Morgan fingerprint density at radius 1 is 1.44 bits per heavy atom. The number of rotatable bonds is 3. The summed E-state index contributed by atoms with van der Waals surface area (Å²) in [5.41, 5.74) is 0.611. The van der Waals surface area contributed by atoms with E-state index in [0.29, 0.717) is 17.9 Å². The normalized spacial score (nSPS) is 10.4. The van der Waals surface area contributed by atoms with Crippen molar-refractivity contribution in [2.75, 3.05) is 7.05 Å². The second kappa shape index (κ2) is 5.62. The molecule has 0 atom stereocenters. The lowest BCUT2D eigenvalue weighted by molar-refractivity contribution is 0.0781. The summed E-state index contributed by atoms with van der Waals surface area (Å²) < 4.78 is 1.68. The van der Waals surface area contributed by atoms with Crippen LogP contribution >= 0.6 is 31.9 Å². The van der Waals surface area contributed by atoms with E-state index in [2.05, 4.69) is 47.0 Å². The van der Waals surface area contributed by atoms with Crippen LogP contribution in [0, 0.1) is 0 Å². The maximum absolute atomic E-state index is 12.2. The van der Waals surface area contributed by atoms with Gasteiger partial charge in [0.1, 0.15) is 12.2 Å². The van der Waals surface area contributed by atoms with Gasteiger partial charge in [-0.15, -0.1) is 0 Å². The van der Waals surface area contributed by atoms with Gasteiger partial charge in [0.15, 0.2) is 0 Å². The average molecular weight is 374 g/mol. The molecule has 1 amide bonds. The van der Waals surface area contributed by atoms with E-state index in [4.69, 9.17) is 0 Å². The standard InChI is InChI=1S/C11H10Br2N4O/c1-17(5-10-14-6-15-16-10)11(18)8-3-2-7(12)4-9(8)13/h2-4,6H,5H2,1H3,(H,14,15,16). The second-order valence-electron chi connectivity index (χ2n) is 3.72. The van der Waals surface area contributed by atoms with Crippen LogP contribution < -0.4 is 0 Å². The summed E-state index contributed by atoms with van der Waals surface area (Å²) in [6, 6.07) is 5.45. The molecule has 1 aromatic heterocycles. The van der Waals surface area contributed by atoms with Gasteiger partial charge >= 0.3 is 0 Å².